The van der Waals surface area contributed by atoms with Crippen molar-refractivity contribution < 1.29 is 19.7 Å². The molecule has 174 valence electrons. The number of aliphatic hydroxyl groups is 2. The monoisotopic (exact) mass is 430 g/mol. The SMILES string of the molecule is CC(C)C/C=C/[C@@H](C)[C@H]1CC[C@@H](C2=C[C@@H]3O[C@@]34C[C@@H](O)CC[C@]4(C)C2=O)[C@]1(C)CCO. The van der Waals surface area contributed by atoms with Gasteiger partial charge in [-0.05, 0) is 86.2 Å². The van der Waals surface area contributed by atoms with Crippen LogP contribution in [0.25, 0.3) is 0 Å². The summed E-state index contributed by atoms with van der Waals surface area (Å²) in [7, 11) is 0. The maximum absolute atomic E-state index is 13.9. The van der Waals surface area contributed by atoms with Crippen LogP contribution >= 0.6 is 0 Å². The lowest BCUT2D eigenvalue weighted by atomic mass is 9.55. The molecule has 2 N–H and O–H groups in total. The lowest BCUT2D eigenvalue weighted by Gasteiger charge is -2.46. The van der Waals surface area contributed by atoms with Gasteiger partial charge in [-0.15, -0.1) is 0 Å². The Hall–Kier alpha value is -0.970. The summed E-state index contributed by atoms with van der Waals surface area (Å²) in [5.41, 5.74) is -0.156. The fraction of sp³-hybridized carbons (Fsp3) is 0.815. The molecule has 4 heteroatoms. The minimum absolute atomic E-state index is 0.0408. The van der Waals surface area contributed by atoms with E-state index in [-0.39, 0.29) is 35.9 Å². The minimum atomic E-state index is -0.526. The van der Waals surface area contributed by atoms with E-state index in [1.807, 2.05) is 0 Å². The number of hydrogen-bond donors (Lipinski definition) is 2. The van der Waals surface area contributed by atoms with Crippen LogP contribution in [0.2, 0.25) is 0 Å². The molecular weight excluding hydrogens is 388 g/mol. The Balaban J connectivity index is 1.61. The standard InChI is InChI=1S/C27H42O4/c1-17(2)7-6-8-18(3)21-9-10-22(25(21,4)13-14-28)20-15-23-27(31-23)16-19(29)11-12-26(27,5)24(20)30/h6,8,15,17-19,21-23,28-29H,7,9-14,16H2,1-5H3/b8-6+/t18-,19+,21-,22+,23+,25-,26-,27+/m1/s1. The second-order valence-corrected chi connectivity index (χ2v) is 11.7. The first-order valence-electron chi connectivity index (χ1n) is 12.5. The largest absolute Gasteiger partial charge is 0.396 e. The molecule has 4 aliphatic rings. The first kappa shape index (κ1) is 23.2. The topological polar surface area (TPSA) is 70.1 Å². The number of carbonyl (C=O) groups excluding carboxylic acids is 1. The average molecular weight is 431 g/mol. The third kappa shape index (κ3) is 3.57. The maximum Gasteiger partial charge on any atom is 0.167 e. The summed E-state index contributed by atoms with van der Waals surface area (Å²) >= 11 is 0. The van der Waals surface area contributed by atoms with Gasteiger partial charge in [-0.25, -0.2) is 0 Å². The van der Waals surface area contributed by atoms with Gasteiger partial charge in [-0.2, -0.15) is 0 Å². The second-order valence-electron chi connectivity index (χ2n) is 11.7. The Kier molecular flexibility index (Phi) is 6.07. The second kappa shape index (κ2) is 8.11. The highest BCUT2D eigenvalue weighted by Crippen LogP contribution is 2.65. The summed E-state index contributed by atoms with van der Waals surface area (Å²) in [6.45, 7) is 11.3. The van der Waals surface area contributed by atoms with E-state index in [4.69, 9.17) is 4.74 Å². The summed E-state index contributed by atoms with van der Waals surface area (Å²) in [5, 5.41) is 20.2. The van der Waals surface area contributed by atoms with Gasteiger partial charge in [0.05, 0.1) is 11.5 Å². The number of epoxide rings is 1. The molecule has 31 heavy (non-hydrogen) atoms. The highest BCUT2D eigenvalue weighted by atomic mass is 16.6. The Morgan fingerprint density at radius 1 is 1.23 bits per heavy atom. The number of carbonyl (C=O) groups is 1. The molecule has 4 rings (SSSR count). The van der Waals surface area contributed by atoms with E-state index in [1.54, 1.807) is 0 Å². The summed E-state index contributed by atoms with van der Waals surface area (Å²) in [6.07, 6.45) is 12.2. The average Bonchev–Trinajstić information content (AvgIpc) is 3.29. The predicted molar refractivity (Wildman–Crippen MR) is 122 cm³/mol. The van der Waals surface area contributed by atoms with Crippen LogP contribution in [-0.2, 0) is 9.53 Å². The van der Waals surface area contributed by atoms with E-state index >= 15 is 0 Å². The van der Waals surface area contributed by atoms with Crippen LogP contribution in [0.15, 0.2) is 23.8 Å². The van der Waals surface area contributed by atoms with Gasteiger partial charge in [-0.3, -0.25) is 4.79 Å². The molecule has 0 unspecified atom stereocenters. The molecule has 3 aliphatic carbocycles. The Morgan fingerprint density at radius 2 is 1.97 bits per heavy atom. The number of ketones is 1. The zero-order valence-corrected chi connectivity index (χ0v) is 20.1. The molecule has 0 bridgehead atoms. The smallest absolute Gasteiger partial charge is 0.167 e. The Morgan fingerprint density at radius 3 is 2.65 bits per heavy atom. The van der Waals surface area contributed by atoms with Crippen molar-refractivity contribution in [2.24, 2.45) is 34.5 Å². The number of allylic oxidation sites excluding steroid dienone is 3. The highest BCUT2D eigenvalue weighted by molar-refractivity contribution is 6.03. The minimum Gasteiger partial charge on any atom is -0.396 e. The van der Waals surface area contributed by atoms with E-state index < -0.39 is 11.0 Å². The number of rotatable bonds is 7. The molecular formula is C27H42O4. The molecule has 0 aromatic carbocycles. The molecule has 0 aromatic heterocycles. The van der Waals surface area contributed by atoms with Crippen molar-refractivity contribution in [1.29, 1.82) is 0 Å². The Bertz CT molecular complexity index is 769. The van der Waals surface area contributed by atoms with Gasteiger partial charge in [0.1, 0.15) is 11.7 Å². The number of hydrogen-bond acceptors (Lipinski definition) is 4. The molecule has 2 saturated carbocycles. The molecule has 8 atom stereocenters. The van der Waals surface area contributed by atoms with E-state index in [0.717, 1.165) is 31.3 Å². The van der Waals surface area contributed by atoms with Crippen LogP contribution in [0.3, 0.4) is 0 Å². The summed E-state index contributed by atoms with van der Waals surface area (Å²) < 4.78 is 6.16. The van der Waals surface area contributed by atoms with E-state index in [0.29, 0.717) is 37.0 Å². The van der Waals surface area contributed by atoms with Crippen LogP contribution < -0.4 is 0 Å². The van der Waals surface area contributed by atoms with Crippen molar-refractivity contribution >= 4 is 5.78 Å². The number of aliphatic hydroxyl groups excluding tert-OH is 2. The van der Waals surface area contributed by atoms with Crippen LogP contribution in [-0.4, -0.2) is 40.4 Å². The molecule has 1 aliphatic heterocycles. The van der Waals surface area contributed by atoms with Crippen molar-refractivity contribution in [3.05, 3.63) is 23.8 Å². The molecule has 1 saturated heterocycles. The van der Waals surface area contributed by atoms with Crippen molar-refractivity contribution in [2.75, 3.05) is 6.61 Å². The normalized spacial score (nSPS) is 45.5. The third-order valence-electron chi connectivity index (χ3n) is 9.40. The zero-order valence-electron chi connectivity index (χ0n) is 20.1. The quantitative estimate of drug-likeness (QED) is 0.448. The van der Waals surface area contributed by atoms with Gasteiger partial charge in [0.25, 0.3) is 0 Å². The van der Waals surface area contributed by atoms with Gasteiger partial charge in [0, 0.05) is 13.0 Å². The van der Waals surface area contributed by atoms with Gasteiger partial charge in [0.15, 0.2) is 5.78 Å². The first-order chi connectivity index (χ1) is 14.6. The van der Waals surface area contributed by atoms with Crippen LogP contribution in [0.1, 0.15) is 79.6 Å². The molecule has 0 aromatic rings. The van der Waals surface area contributed by atoms with Crippen LogP contribution in [0, 0.1) is 34.5 Å². The van der Waals surface area contributed by atoms with E-state index in [2.05, 4.69) is 52.8 Å². The van der Waals surface area contributed by atoms with E-state index in [9.17, 15) is 15.0 Å². The van der Waals surface area contributed by atoms with Crippen molar-refractivity contribution in [3.8, 4) is 0 Å². The summed E-state index contributed by atoms with van der Waals surface area (Å²) in [4.78, 5) is 13.9. The molecule has 0 radical (unpaired) electrons. The molecule has 0 amide bonds. The zero-order chi connectivity index (χ0) is 22.6. The number of Topliss-reactive ketones (excluding diaryl/α,β-unsaturated/α-hetero) is 1. The first-order valence-corrected chi connectivity index (χ1v) is 12.5. The molecule has 4 nitrogen and oxygen atoms in total. The van der Waals surface area contributed by atoms with E-state index in [1.165, 1.54) is 0 Å². The third-order valence-corrected chi connectivity index (χ3v) is 9.40. The summed E-state index contributed by atoms with van der Waals surface area (Å²) in [5.74, 6) is 1.95. The van der Waals surface area contributed by atoms with Crippen molar-refractivity contribution in [3.63, 3.8) is 0 Å². The highest BCUT2D eigenvalue weighted by Gasteiger charge is 2.73. The summed E-state index contributed by atoms with van der Waals surface area (Å²) in [6, 6.07) is 0. The fourth-order valence-electron chi connectivity index (χ4n) is 7.39. The van der Waals surface area contributed by atoms with Crippen molar-refractivity contribution in [2.45, 2.75) is 97.4 Å². The predicted octanol–water partition coefficient (Wildman–Crippen LogP) is 4.84. The van der Waals surface area contributed by atoms with Gasteiger partial charge < -0.3 is 14.9 Å². The lowest BCUT2D eigenvalue weighted by molar-refractivity contribution is -0.134. The van der Waals surface area contributed by atoms with Crippen LogP contribution in [0.5, 0.6) is 0 Å². The van der Waals surface area contributed by atoms with Gasteiger partial charge >= 0.3 is 0 Å². The Labute approximate surface area is 188 Å². The molecule has 3 fully saturated rings. The van der Waals surface area contributed by atoms with Crippen molar-refractivity contribution in [1.82, 2.24) is 0 Å². The van der Waals surface area contributed by atoms with Gasteiger partial charge in [-0.1, -0.05) is 39.8 Å². The molecule has 1 spiro atoms. The van der Waals surface area contributed by atoms with Crippen LogP contribution in [0.4, 0.5) is 0 Å². The van der Waals surface area contributed by atoms with Gasteiger partial charge in [0.2, 0.25) is 0 Å². The lowest BCUT2D eigenvalue weighted by Crippen LogP contribution is -2.53. The fourth-order valence-corrected chi connectivity index (χ4v) is 7.39. The number of ether oxygens (including phenoxy) is 1. The maximum atomic E-state index is 13.9. The molecule has 1 heterocycles.